The molecule has 1 aliphatic rings. The molecule has 6 heteroatoms. The second-order valence-electron chi connectivity index (χ2n) is 6.49. The van der Waals surface area contributed by atoms with Crippen LogP contribution >= 0.6 is 11.3 Å². The molecule has 134 valence electrons. The van der Waals surface area contributed by atoms with E-state index in [0.717, 1.165) is 41.7 Å². The van der Waals surface area contributed by atoms with Gasteiger partial charge in [0.05, 0.1) is 5.69 Å². The Morgan fingerprint density at radius 1 is 1.12 bits per heavy atom. The first-order valence-electron chi connectivity index (χ1n) is 8.77. The van der Waals surface area contributed by atoms with Crippen molar-refractivity contribution in [3.05, 3.63) is 65.1 Å². The first-order chi connectivity index (χ1) is 12.7. The number of benzene rings is 1. The highest BCUT2D eigenvalue weighted by atomic mass is 32.1. The van der Waals surface area contributed by atoms with E-state index in [-0.39, 0.29) is 5.91 Å². The fraction of sp³-hybridized carbons (Fsp3) is 0.300. The summed E-state index contributed by atoms with van der Waals surface area (Å²) in [5.41, 5.74) is 2.25. The number of carbonyl (C=O) groups is 1. The van der Waals surface area contributed by atoms with Gasteiger partial charge in [-0.05, 0) is 19.1 Å². The first-order valence-corrected chi connectivity index (χ1v) is 9.65. The molecule has 5 nitrogen and oxygen atoms in total. The number of piperazine rings is 1. The molecule has 1 amide bonds. The summed E-state index contributed by atoms with van der Waals surface area (Å²) >= 11 is 1.68. The second kappa shape index (κ2) is 7.43. The van der Waals surface area contributed by atoms with Gasteiger partial charge in [-0.25, -0.2) is 4.98 Å². The topological polar surface area (TPSA) is 49.6 Å². The SMILES string of the molecule is Cc1ccc(C(=O)N2CCN(Cc3csc(-c4ccccc4)n3)CC2)o1. The highest BCUT2D eigenvalue weighted by Crippen LogP contribution is 2.24. The van der Waals surface area contributed by atoms with Crippen molar-refractivity contribution in [3.8, 4) is 10.6 Å². The maximum absolute atomic E-state index is 12.4. The molecule has 4 rings (SSSR count). The van der Waals surface area contributed by atoms with Crippen molar-refractivity contribution in [2.45, 2.75) is 13.5 Å². The smallest absolute Gasteiger partial charge is 0.289 e. The van der Waals surface area contributed by atoms with Crippen molar-refractivity contribution in [1.29, 1.82) is 0 Å². The van der Waals surface area contributed by atoms with Gasteiger partial charge in [0.25, 0.3) is 5.91 Å². The van der Waals surface area contributed by atoms with Crippen molar-refractivity contribution in [2.24, 2.45) is 0 Å². The van der Waals surface area contributed by atoms with Gasteiger partial charge in [0.15, 0.2) is 5.76 Å². The Labute approximate surface area is 156 Å². The van der Waals surface area contributed by atoms with Crippen LogP contribution in [0.5, 0.6) is 0 Å². The predicted octanol–water partition coefficient (Wildman–Crippen LogP) is 3.67. The predicted molar refractivity (Wildman–Crippen MR) is 102 cm³/mol. The Balaban J connectivity index is 1.33. The number of rotatable bonds is 4. The van der Waals surface area contributed by atoms with Crippen LogP contribution < -0.4 is 0 Å². The lowest BCUT2D eigenvalue weighted by Gasteiger charge is -2.33. The summed E-state index contributed by atoms with van der Waals surface area (Å²) in [6, 6.07) is 13.8. The van der Waals surface area contributed by atoms with Crippen LogP contribution in [0.15, 0.2) is 52.3 Å². The molecular formula is C20H21N3O2S. The van der Waals surface area contributed by atoms with Crippen LogP contribution in [0.25, 0.3) is 10.6 Å². The lowest BCUT2D eigenvalue weighted by molar-refractivity contribution is 0.0595. The number of hydrogen-bond acceptors (Lipinski definition) is 5. The summed E-state index contributed by atoms with van der Waals surface area (Å²) in [6.45, 7) is 5.81. The van der Waals surface area contributed by atoms with E-state index < -0.39 is 0 Å². The van der Waals surface area contributed by atoms with Crippen LogP contribution in [0.3, 0.4) is 0 Å². The second-order valence-corrected chi connectivity index (χ2v) is 7.35. The normalized spacial score (nSPS) is 15.3. The Morgan fingerprint density at radius 3 is 2.58 bits per heavy atom. The number of carbonyl (C=O) groups excluding carboxylic acids is 1. The Morgan fingerprint density at radius 2 is 1.88 bits per heavy atom. The zero-order valence-corrected chi connectivity index (χ0v) is 15.5. The third-order valence-electron chi connectivity index (χ3n) is 4.57. The van der Waals surface area contributed by atoms with Gasteiger partial charge < -0.3 is 9.32 Å². The number of hydrogen-bond donors (Lipinski definition) is 0. The van der Waals surface area contributed by atoms with Crippen molar-refractivity contribution >= 4 is 17.2 Å². The summed E-state index contributed by atoms with van der Waals surface area (Å²) in [7, 11) is 0. The van der Waals surface area contributed by atoms with Gasteiger partial charge in [-0.1, -0.05) is 30.3 Å². The third kappa shape index (κ3) is 3.71. The van der Waals surface area contributed by atoms with Gasteiger partial charge in [-0.2, -0.15) is 0 Å². The third-order valence-corrected chi connectivity index (χ3v) is 5.51. The van der Waals surface area contributed by atoms with Gasteiger partial charge in [-0.15, -0.1) is 11.3 Å². The van der Waals surface area contributed by atoms with Crippen LogP contribution in [0, 0.1) is 6.92 Å². The van der Waals surface area contributed by atoms with Gasteiger partial charge in [-0.3, -0.25) is 9.69 Å². The van der Waals surface area contributed by atoms with E-state index in [4.69, 9.17) is 9.40 Å². The lowest BCUT2D eigenvalue weighted by Crippen LogP contribution is -2.48. The monoisotopic (exact) mass is 367 g/mol. The standard InChI is InChI=1S/C20H21N3O2S/c1-15-7-8-18(25-15)20(24)23-11-9-22(10-12-23)13-17-14-26-19(21-17)16-5-3-2-4-6-16/h2-8,14H,9-13H2,1H3. The largest absolute Gasteiger partial charge is 0.456 e. The van der Waals surface area contributed by atoms with Gasteiger partial charge in [0.1, 0.15) is 10.8 Å². The first kappa shape index (κ1) is 17.0. The Kier molecular flexibility index (Phi) is 4.86. The fourth-order valence-electron chi connectivity index (χ4n) is 3.14. The maximum atomic E-state index is 12.4. The van der Waals surface area contributed by atoms with E-state index >= 15 is 0 Å². The van der Waals surface area contributed by atoms with Crippen LogP contribution in [0.1, 0.15) is 22.0 Å². The quantitative estimate of drug-likeness (QED) is 0.706. The van der Waals surface area contributed by atoms with E-state index in [2.05, 4.69) is 22.4 Å². The van der Waals surface area contributed by atoms with E-state index in [1.807, 2.05) is 36.1 Å². The summed E-state index contributed by atoms with van der Waals surface area (Å²) in [6.07, 6.45) is 0. The van der Waals surface area contributed by atoms with Gasteiger partial charge in [0, 0.05) is 43.7 Å². The molecule has 1 aromatic carbocycles. The minimum atomic E-state index is -0.0160. The minimum Gasteiger partial charge on any atom is -0.456 e. The summed E-state index contributed by atoms with van der Waals surface area (Å²) in [4.78, 5) is 21.4. The van der Waals surface area contributed by atoms with E-state index in [1.165, 1.54) is 0 Å². The summed E-state index contributed by atoms with van der Waals surface area (Å²) in [5.74, 6) is 1.19. The molecular weight excluding hydrogens is 346 g/mol. The molecule has 3 heterocycles. The van der Waals surface area contributed by atoms with Crippen LogP contribution in [0.4, 0.5) is 0 Å². The molecule has 0 saturated carbocycles. The van der Waals surface area contributed by atoms with Gasteiger partial charge >= 0.3 is 0 Å². The van der Waals surface area contributed by atoms with Crippen molar-refractivity contribution < 1.29 is 9.21 Å². The van der Waals surface area contributed by atoms with E-state index in [1.54, 1.807) is 17.4 Å². The summed E-state index contributed by atoms with van der Waals surface area (Å²) in [5, 5.41) is 3.19. The number of amides is 1. The highest BCUT2D eigenvalue weighted by molar-refractivity contribution is 7.13. The molecule has 0 unspecified atom stereocenters. The van der Waals surface area contributed by atoms with E-state index in [0.29, 0.717) is 18.8 Å². The molecule has 1 aliphatic heterocycles. The Bertz CT molecular complexity index is 879. The van der Waals surface area contributed by atoms with E-state index in [9.17, 15) is 4.79 Å². The van der Waals surface area contributed by atoms with Crippen molar-refractivity contribution in [3.63, 3.8) is 0 Å². The molecule has 0 atom stereocenters. The molecule has 3 aromatic rings. The highest BCUT2D eigenvalue weighted by Gasteiger charge is 2.24. The molecule has 26 heavy (non-hydrogen) atoms. The van der Waals surface area contributed by atoms with Crippen LogP contribution in [-0.2, 0) is 6.54 Å². The average molecular weight is 367 g/mol. The number of aryl methyl sites for hydroxylation is 1. The zero-order chi connectivity index (χ0) is 17.9. The maximum Gasteiger partial charge on any atom is 0.289 e. The molecule has 0 bridgehead atoms. The molecule has 0 aliphatic carbocycles. The van der Waals surface area contributed by atoms with Crippen molar-refractivity contribution in [2.75, 3.05) is 26.2 Å². The number of thiazole rings is 1. The number of nitrogens with zero attached hydrogens (tertiary/aromatic N) is 3. The average Bonchev–Trinajstić information content (AvgIpc) is 3.32. The molecule has 0 N–H and O–H groups in total. The zero-order valence-electron chi connectivity index (χ0n) is 14.7. The van der Waals surface area contributed by atoms with Crippen LogP contribution in [0.2, 0.25) is 0 Å². The molecule has 0 radical (unpaired) electrons. The lowest BCUT2D eigenvalue weighted by atomic mass is 10.2. The fourth-order valence-corrected chi connectivity index (χ4v) is 3.95. The van der Waals surface area contributed by atoms with Crippen LogP contribution in [-0.4, -0.2) is 46.9 Å². The molecule has 1 fully saturated rings. The molecule has 0 spiro atoms. The number of aromatic nitrogens is 1. The summed E-state index contributed by atoms with van der Waals surface area (Å²) < 4.78 is 5.45. The molecule has 2 aromatic heterocycles. The number of furan rings is 1. The van der Waals surface area contributed by atoms with Gasteiger partial charge in [0.2, 0.25) is 0 Å². The molecule has 1 saturated heterocycles. The Hall–Kier alpha value is -2.44. The van der Waals surface area contributed by atoms with Crippen molar-refractivity contribution in [1.82, 2.24) is 14.8 Å². The minimum absolute atomic E-state index is 0.0160.